The number of nitrogens with zero attached hydrogens (tertiary/aromatic N) is 3. The summed E-state index contributed by atoms with van der Waals surface area (Å²) in [6, 6.07) is 14.3. The van der Waals surface area contributed by atoms with Crippen molar-refractivity contribution in [2.45, 2.75) is 45.1 Å². The molecule has 1 aliphatic heterocycles. The maximum absolute atomic E-state index is 12.9. The zero-order valence-electron chi connectivity index (χ0n) is 22.4. The lowest BCUT2D eigenvalue weighted by atomic mass is 9.99. The van der Waals surface area contributed by atoms with Crippen molar-refractivity contribution in [3.05, 3.63) is 97.9 Å². The Hall–Kier alpha value is -3.47. The maximum Gasteiger partial charge on any atom is 0.337 e. The number of thiophene rings is 1. The van der Waals surface area contributed by atoms with Gasteiger partial charge in [0.05, 0.1) is 23.9 Å². The van der Waals surface area contributed by atoms with Gasteiger partial charge >= 0.3 is 17.8 Å². The molecule has 8 nitrogen and oxygen atoms in total. The van der Waals surface area contributed by atoms with E-state index in [9.17, 15) is 9.59 Å². The number of carbonyl (C=O) groups is 2. The molecule has 0 saturated carbocycles. The molecule has 0 amide bonds. The van der Waals surface area contributed by atoms with Crippen molar-refractivity contribution in [1.29, 1.82) is 0 Å². The monoisotopic (exact) mass is 595 g/mol. The van der Waals surface area contributed by atoms with E-state index < -0.39 is 16.8 Å². The SMILES string of the molecule is COC(=O)c1ccc(COC(=O)CC[C@]2(S)N=C(c3ccc(Cl)cc3)c3c(sc(C)c3C)-[n+]3c2n[nH]c3C)cc1. The van der Waals surface area contributed by atoms with Crippen LogP contribution in [0.2, 0.25) is 5.02 Å². The molecule has 0 aliphatic carbocycles. The Balaban J connectivity index is 1.44. The van der Waals surface area contributed by atoms with E-state index in [4.69, 9.17) is 38.7 Å². The Morgan fingerprint density at radius 3 is 2.48 bits per heavy atom. The summed E-state index contributed by atoms with van der Waals surface area (Å²) in [6.07, 6.45) is 0.323. The second-order valence-electron chi connectivity index (χ2n) is 9.56. The van der Waals surface area contributed by atoms with Crippen LogP contribution in [0.25, 0.3) is 5.00 Å². The van der Waals surface area contributed by atoms with E-state index in [0.717, 1.165) is 38.8 Å². The first-order valence-corrected chi connectivity index (χ1v) is 14.2. The zero-order chi connectivity index (χ0) is 28.6. The number of aromatic nitrogens is 3. The first kappa shape index (κ1) is 28.1. The molecule has 0 spiro atoms. The second kappa shape index (κ2) is 11.2. The van der Waals surface area contributed by atoms with Crippen LogP contribution in [-0.4, -0.2) is 35.0 Å². The summed E-state index contributed by atoms with van der Waals surface area (Å²) < 4.78 is 12.3. The van der Waals surface area contributed by atoms with E-state index in [0.29, 0.717) is 16.4 Å². The molecule has 1 N–H and O–H groups in total. The minimum absolute atomic E-state index is 0.0682. The first-order chi connectivity index (χ1) is 19.1. The van der Waals surface area contributed by atoms with E-state index in [-0.39, 0.29) is 19.4 Å². The van der Waals surface area contributed by atoms with E-state index in [1.54, 1.807) is 35.6 Å². The summed E-state index contributed by atoms with van der Waals surface area (Å²) in [5.74, 6) is 0.626. The van der Waals surface area contributed by atoms with Gasteiger partial charge in [-0.15, -0.1) is 29.1 Å². The number of esters is 2. The molecule has 2 aromatic heterocycles. The second-order valence-corrected chi connectivity index (χ2v) is 11.9. The summed E-state index contributed by atoms with van der Waals surface area (Å²) in [7, 11) is 1.33. The highest BCUT2D eigenvalue weighted by Crippen LogP contribution is 2.40. The molecule has 0 unspecified atom stereocenters. The predicted molar refractivity (Wildman–Crippen MR) is 157 cm³/mol. The lowest BCUT2D eigenvalue weighted by Crippen LogP contribution is -2.41. The zero-order valence-corrected chi connectivity index (χ0v) is 24.9. The minimum Gasteiger partial charge on any atom is -0.465 e. The number of nitrogens with one attached hydrogen (secondary N) is 1. The molecule has 0 bridgehead atoms. The van der Waals surface area contributed by atoms with Gasteiger partial charge in [-0.25, -0.2) is 4.79 Å². The van der Waals surface area contributed by atoms with Gasteiger partial charge in [0.15, 0.2) is 9.87 Å². The van der Waals surface area contributed by atoms with Crippen LogP contribution >= 0.6 is 35.6 Å². The number of hydrogen-bond donors (Lipinski definition) is 2. The number of hydrogen-bond acceptors (Lipinski definition) is 8. The molecule has 40 heavy (non-hydrogen) atoms. The molecule has 5 rings (SSSR count). The third kappa shape index (κ3) is 5.31. The van der Waals surface area contributed by atoms with Gasteiger partial charge in [0, 0.05) is 40.3 Å². The third-order valence-electron chi connectivity index (χ3n) is 6.90. The van der Waals surface area contributed by atoms with Crippen molar-refractivity contribution in [2.24, 2.45) is 4.99 Å². The number of carbonyl (C=O) groups excluding carboxylic acids is 2. The van der Waals surface area contributed by atoms with Crippen LogP contribution in [0.4, 0.5) is 0 Å². The van der Waals surface area contributed by atoms with Crippen molar-refractivity contribution in [2.75, 3.05) is 7.11 Å². The largest absolute Gasteiger partial charge is 0.465 e. The Labute approximate surface area is 246 Å². The number of aliphatic imine (C=N–C) groups is 1. The van der Waals surface area contributed by atoms with Gasteiger partial charge in [-0.2, -0.15) is 4.57 Å². The van der Waals surface area contributed by atoms with Crippen LogP contribution in [0.1, 0.15) is 62.0 Å². The number of rotatable bonds is 7. The van der Waals surface area contributed by atoms with Crippen LogP contribution in [-0.2, 0) is 25.7 Å². The molecule has 0 radical (unpaired) electrons. The molecular formula is C29H28ClN4O4S2+. The molecular weight excluding hydrogens is 568 g/mol. The van der Waals surface area contributed by atoms with Crippen LogP contribution in [0.3, 0.4) is 0 Å². The van der Waals surface area contributed by atoms with Crippen LogP contribution < -0.4 is 4.57 Å². The molecule has 206 valence electrons. The highest BCUT2D eigenvalue weighted by molar-refractivity contribution is 7.81. The van der Waals surface area contributed by atoms with E-state index >= 15 is 0 Å². The lowest BCUT2D eigenvalue weighted by Gasteiger charge is -2.20. The fourth-order valence-corrected chi connectivity index (χ4v) is 6.30. The molecule has 11 heteroatoms. The Morgan fingerprint density at radius 1 is 1.10 bits per heavy atom. The molecule has 1 aliphatic rings. The first-order valence-electron chi connectivity index (χ1n) is 12.6. The van der Waals surface area contributed by atoms with Crippen molar-refractivity contribution >= 4 is 53.2 Å². The van der Waals surface area contributed by atoms with E-state index in [1.165, 1.54) is 12.0 Å². The number of H-pyrrole nitrogens is 1. The quantitative estimate of drug-likeness (QED) is 0.165. The smallest absolute Gasteiger partial charge is 0.337 e. The summed E-state index contributed by atoms with van der Waals surface area (Å²) in [5.41, 5.74) is 4.99. The third-order valence-corrected chi connectivity index (χ3v) is 8.87. The minimum atomic E-state index is -1.13. The van der Waals surface area contributed by atoms with Gasteiger partial charge in [0.2, 0.25) is 5.82 Å². The van der Waals surface area contributed by atoms with Crippen molar-refractivity contribution in [3.63, 3.8) is 0 Å². The van der Waals surface area contributed by atoms with Gasteiger partial charge in [-0.05, 0) is 49.2 Å². The van der Waals surface area contributed by atoms with Crippen LogP contribution in [0.15, 0.2) is 53.5 Å². The van der Waals surface area contributed by atoms with Gasteiger partial charge in [-0.3, -0.25) is 9.79 Å². The van der Waals surface area contributed by atoms with Gasteiger partial charge < -0.3 is 9.47 Å². The van der Waals surface area contributed by atoms with Crippen molar-refractivity contribution < 1.29 is 23.6 Å². The van der Waals surface area contributed by atoms with Crippen LogP contribution in [0, 0.1) is 20.8 Å². The lowest BCUT2D eigenvalue weighted by molar-refractivity contribution is -0.609. The molecule has 2 aromatic carbocycles. The molecule has 0 fully saturated rings. The van der Waals surface area contributed by atoms with E-state index in [2.05, 4.69) is 24.0 Å². The predicted octanol–water partition coefficient (Wildman–Crippen LogP) is 5.57. The number of methoxy groups -OCH3 is 1. The molecule has 3 heterocycles. The molecule has 4 aromatic rings. The fourth-order valence-electron chi connectivity index (χ4n) is 4.60. The van der Waals surface area contributed by atoms with Gasteiger partial charge in [0.25, 0.3) is 0 Å². The summed E-state index contributed by atoms with van der Waals surface area (Å²) in [4.78, 5) is 29.8. The Bertz CT molecular complexity index is 1630. The highest BCUT2D eigenvalue weighted by atomic mass is 35.5. The summed E-state index contributed by atoms with van der Waals surface area (Å²) in [5, 5.41) is 9.31. The average molecular weight is 596 g/mol. The van der Waals surface area contributed by atoms with Crippen LogP contribution in [0.5, 0.6) is 0 Å². The Kier molecular flexibility index (Phi) is 7.85. The fraction of sp³-hybridized carbons (Fsp3) is 0.276. The number of ether oxygens (including phenoxy) is 2. The van der Waals surface area contributed by atoms with Gasteiger partial charge in [-0.1, -0.05) is 35.9 Å². The van der Waals surface area contributed by atoms with Crippen molar-refractivity contribution in [3.8, 4) is 5.00 Å². The molecule has 1 atom stereocenters. The standard InChI is InChI=1S/C29H27ClN4O4S2/c1-16-17(2)40-26-24(16)25(20-9-11-22(30)12-10-20)31-29(39,28-33-32-18(3)34(26)28)14-13-23(35)38-15-19-5-7-21(8-6-19)27(36)37-4/h5-12,39H,13-15H2,1-4H3/p+1/t29-/m1/s1. The number of aromatic amines is 1. The number of aryl methyl sites for hydroxylation is 2. The normalized spacial score (nSPS) is 16.0. The Morgan fingerprint density at radius 2 is 1.80 bits per heavy atom. The maximum atomic E-state index is 12.9. The summed E-state index contributed by atoms with van der Waals surface area (Å²) in [6.45, 7) is 6.21. The molecule has 0 saturated heterocycles. The number of benzene rings is 2. The topological polar surface area (TPSA) is 97.5 Å². The number of fused-ring (bicyclic) bond motifs is 3. The van der Waals surface area contributed by atoms with E-state index in [1.807, 2.05) is 35.8 Å². The summed E-state index contributed by atoms with van der Waals surface area (Å²) >= 11 is 12.9. The highest BCUT2D eigenvalue weighted by Gasteiger charge is 2.45. The van der Waals surface area contributed by atoms with Crippen molar-refractivity contribution in [1.82, 2.24) is 10.2 Å². The number of halogens is 1. The number of thiol groups is 1. The van der Waals surface area contributed by atoms with Gasteiger partial charge in [0.1, 0.15) is 6.61 Å². The average Bonchev–Trinajstić information content (AvgIpc) is 3.45.